The molecule has 3 rings (SSSR count). The molecule has 2 heterocycles. The van der Waals surface area contributed by atoms with Crippen molar-refractivity contribution in [3.63, 3.8) is 0 Å². The summed E-state index contributed by atoms with van der Waals surface area (Å²) in [6, 6.07) is 7.63. The zero-order valence-corrected chi connectivity index (χ0v) is 12.9. The van der Waals surface area contributed by atoms with Crippen molar-refractivity contribution < 1.29 is 13.2 Å². The van der Waals surface area contributed by atoms with E-state index in [0.29, 0.717) is 19.5 Å². The summed E-state index contributed by atoms with van der Waals surface area (Å²) in [5.41, 5.74) is 2.43. The molecule has 1 aromatic carbocycles. The van der Waals surface area contributed by atoms with Crippen molar-refractivity contribution in [2.24, 2.45) is 0 Å². The fourth-order valence-electron chi connectivity index (χ4n) is 3.16. The number of rotatable bonds is 1. The van der Waals surface area contributed by atoms with Crippen LogP contribution >= 0.6 is 0 Å². The number of nitrogens with one attached hydrogen (secondary N) is 1. The second kappa shape index (κ2) is 5.42. The van der Waals surface area contributed by atoms with Crippen LogP contribution in [0.1, 0.15) is 18.1 Å². The zero-order valence-electron chi connectivity index (χ0n) is 12.1. The molecule has 2 aliphatic heterocycles. The third-order valence-electron chi connectivity index (χ3n) is 4.33. The minimum absolute atomic E-state index is 0.0203. The molecule has 0 saturated carbocycles. The Morgan fingerprint density at radius 1 is 1.29 bits per heavy atom. The molecule has 5 nitrogen and oxygen atoms in total. The molecule has 2 aliphatic rings. The summed E-state index contributed by atoms with van der Waals surface area (Å²) in [6.45, 7) is 2.81. The number of fused-ring (bicyclic) bond motifs is 1. The first-order valence-corrected chi connectivity index (χ1v) is 9.09. The molecular weight excluding hydrogens is 288 g/mol. The molecule has 114 valence electrons. The fourth-order valence-corrected chi connectivity index (χ4v) is 4.71. The topological polar surface area (TPSA) is 66.5 Å². The van der Waals surface area contributed by atoms with Gasteiger partial charge in [-0.15, -0.1) is 0 Å². The van der Waals surface area contributed by atoms with E-state index in [0.717, 1.165) is 0 Å². The van der Waals surface area contributed by atoms with Gasteiger partial charge in [-0.25, -0.2) is 8.42 Å². The van der Waals surface area contributed by atoms with Crippen molar-refractivity contribution in [3.05, 3.63) is 35.4 Å². The second-order valence-electron chi connectivity index (χ2n) is 5.90. The number of hydrogen-bond donors (Lipinski definition) is 1. The molecule has 6 heteroatoms. The van der Waals surface area contributed by atoms with Crippen molar-refractivity contribution >= 4 is 15.7 Å². The highest BCUT2D eigenvalue weighted by molar-refractivity contribution is 7.91. The summed E-state index contributed by atoms with van der Waals surface area (Å²) in [6.07, 6.45) is 0.672. The normalized spacial score (nSPS) is 28.0. The Morgan fingerprint density at radius 3 is 2.71 bits per heavy atom. The van der Waals surface area contributed by atoms with Crippen LogP contribution < -0.4 is 5.32 Å². The monoisotopic (exact) mass is 308 g/mol. The van der Waals surface area contributed by atoms with Crippen LogP contribution in [0.5, 0.6) is 0 Å². The third kappa shape index (κ3) is 2.96. The van der Waals surface area contributed by atoms with Crippen LogP contribution in [0.15, 0.2) is 24.3 Å². The van der Waals surface area contributed by atoms with Gasteiger partial charge >= 0.3 is 0 Å². The highest BCUT2D eigenvalue weighted by atomic mass is 32.2. The van der Waals surface area contributed by atoms with E-state index in [1.165, 1.54) is 11.1 Å². The maximum Gasteiger partial charge on any atom is 0.240 e. The predicted molar refractivity (Wildman–Crippen MR) is 80.6 cm³/mol. The van der Waals surface area contributed by atoms with Gasteiger partial charge in [0.2, 0.25) is 5.91 Å². The smallest absolute Gasteiger partial charge is 0.240 e. The van der Waals surface area contributed by atoms with Crippen molar-refractivity contribution in [1.82, 2.24) is 10.2 Å². The molecule has 1 unspecified atom stereocenters. The summed E-state index contributed by atoms with van der Waals surface area (Å²) >= 11 is 0. The molecule has 1 N–H and O–H groups in total. The van der Waals surface area contributed by atoms with Gasteiger partial charge in [-0.2, -0.15) is 0 Å². The molecule has 1 fully saturated rings. The molecule has 1 amide bonds. The molecule has 21 heavy (non-hydrogen) atoms. The maximum atomic E-state index is 12.7. The van der Waals surface area contributed by atoms with E-state index in [9.17, 15) is 13.2 Å². The van der Waals surface area contributed by atoms with Gasteiger partial charge in [-0.1, -0.05) is 24.3 Å². The summed E-state index contributed by atoms with van der Waals surface area (Å²) < 4.78 is 23.2. The number of carbonyl (C=O) groups excluding carboxylic acids is 1. The maximum absolute atomic E-state index is 12.7. The van der Waals surface area contributed by atoms with Crippen LogP contribution in [0.3, 0.4) is 0 Å². The van der Waals surface area contributed by atoms with Gasteiger partial charge in [0.05, 0.1) is 17.5 Å². The average Bonchev–Trinajstić information content (AvgIpc) is 2.45. The summed E-state index contributed by atoms with van der Waals surface area (Å²) in [4.78, 5) is 14.4. The summed E-state index contributed by atoms with van der Waals surface area (Å²) in [5.74, 6) is 0.168. The minimum atomic E-state index is -2.99. The van der Waals surface area contributed by atoms with Crippen molar-refractivity contribution in [2.75, 3.05) is 18.1 Å². The molecule has 2 atom stereocenters. The molecule has 0 radical (unpaired) electrons. The lowest BCUT2D eigenvalue weighted by Gasteiger charge is -2.37. The van der Waals surface area contributed by atoms with Gasteiger partial charge in [0.15, 0.2) is 9.84 Å². The number of hydrogen-bond acceptors (Lipinski definition) is 4. The zero-order chi connectivity index (χ0) is 15.0. The SMILES string of the molecule is CC1CS(=O)(=O)CCN1C(=O)[C@@H]1Cc2ccccc2CN1. The first kappa shape index (κ1) is 14.5. The van der Waals surface area contributed by atoms with E-state index in [2.05, 4.69) is 17.4 Å². The predicted octanol–water partition coefficient (Wildman–Crippen LogP) is 0.346. The number of amides is 1. The van der Waals surface area contributed by atoms with E-state index in [1.54, 1.807) is 4.90 Å². The van der Waals surface area contributed by atoms with Gasteiger partial charge in [-0.3, -0.25) is 4.79 Å². The van der Waals surface area contributed by atoms with Crippen molar-refractivity contribution in [2.45, 2.75) is 32.0 Å². The standard InChI is InChI=1S/C15H20N2O3S/c1-11-10-21(19,20)7-6-17(11)15(18)14-8-12-4-2-3-5-13(12)9-16-14/h2-5,11,14,16H,6-10H2,1H3/t11?,14-/m0/s1. The second-order valence-corrected chi connectivity index (χ2v) is 8.13. The van der Waals surface area contributed by atoms with Gasteiger partial charge in [0.25, 0.3) is 0 Å². The Balaban J connectivity index is 1.72. The van der Waals surface area contributed by atoms with Crippen LogP contribution in [0.25, 0.3) is 0 Å². The van der Waals surface area contributed by atoms with Gasteiger partial charge in [0, 0.05) is 19.1 Å². The van der Waals surface area contributed by atoms with Crippen LogP contribution in [0.2, 0.25) is 0 Å². The average molecular weight is 308 g/mol. The summed E-state index contributed by atoms with van der Waals surface area (Å²) in [5, 5.41) is 3.27. The van der Waals surface area contributed by atoms with E-state index >= 15 is 0 Å². The van der Waals surface area contributed by atoms with Gasteiger partial charge < -0.3 is 10.2 Å². The van der Waals surface area contributed by atoms with E-state index in [1.807, 2.05) is 19.1 Å². The quantitative estimate of drug-likeness (QED) is 0.813. The largest absolute Gasteiger partial charge is 0.337 e. The Morgan fingerprint density at radius 2 is 2.00 bits per heavy atom. The molecule has 0 aromatic heterocycles. The highest BCUT2D eigenvalue weighted by Gasteiger charge is 2.35. The van der Waals surface area contributed by atoms with Crippen LogP contribution in [-0.4, -0.2) is 49.4 Å². The number of sulfone groups is 1. The van der Waals surface area contributed by atoms with Crippen molar-refractivity contribution in [3.8, 4) is 0 Å². The lowest BCUT2D eigenvalue weighted by Crippen LogP contribution is -2.56. The Labute approximate surface area is 125 Å². The molecule has 0 spiro atoms. The molecule has 1 saturated heterocycles. The molecule has 0 bridgehead atoms. The fraction of sp³-hybridized carbons (Fsp3) is 0.533. The van der Waals surface area contributed by atoms with Crippen molar-refractivity contribution in [1.29, 1.82) is 0 Å². The third-order valence-corrected chi connectivity index (χ3v) is 6.13. The van der Waals surface area contributed by atoms with Crippen LogP contribution in [-0.2, 0) is 27.6 Å². The Kier molecular flexibility index (Phi) is 3.75. The first-order chi connectivity index (χ1) is 9.96. The van der Waals surface area contributed by atoms with Crippen LogP contribution in [0.4, 0.5) is 0 Å². The van der Waals surface area contributed by atoms with E-state index in [-0.39, 0.29) is 29.5 Å². The minimum Gasteiger partial charge on any atom is -0.337 e. The van der Waals surface area contributed by atoms with E-state index < -0.39 is 9.84 Å². The van der Waals surface area contributed by atoms with Crippen LogP contribution in [0, 0.1) is 0 Å². The first-order valence-electron chi connectivity index (χ1n) is 7.27. The number of benzene rings is 1. The van der Waals surface area contributed by atoms with Gasteiger partial charge in [0.1, 0.15) is 0 Å². The molecule has 1 aromatic rings. The Bertz CT molecular complexity index is 657. The lowest BCUT2D eigenvalue weighted by molar-refractivity contribution is -0.135. The summed E-state index contributed by atoms with van der Waals surface area (Å²) in [7, 11) is -2.99. The molecule has 0 aliphatic carbocycles. The molecular formula is C15H20N2O3S. The number of nitrogens with zero attached hydrogens (tertiary/aromatic N) is 1. The number of carbonyl (C=O) groups is 1. The van der Waals surface area contributed by atoms with Gasteiger partial charge in [-0.05, 0) is 24.5 Å². The highest BCUT2D eigenvalue weighted by Crippen LogP contribution is 2.19. The Hall–Kier alpha value is -1.40. The van der Waals surface area contributed by atoms with E-state index in [4.69, 9.17) is 0 Å². The lowest BCUT2D eigenvalue weighted by atomic mass is 9.95.